The lowest BCUT2D eigenvalue weighted by molar-refractivity contribution is 0.0931. The quantitative estimate of drug-likeness (QED) is 0.799. The first-order chi connectivity index (χ1) is 10.9. The van der Waals surface area contributed by atoms with E-state index in [4.69, 9.17) is 0 Å². The largest absolute Gasteiger partial charge is 0.393 e. The van der Waals surface area contributed by atoms with E-state index >= 15 is 0 Å². The van der Waals surface area contributed by atoms with Crippen molar-refractivity contribution in [2.75, 3.05) is 18.5 Å². The van der Waals surface area contributed by atoms with E-state index in [0.29, 0.717) is 17.3 Å². The molecule has 0 heterocycles. The van der Waals surface area contributed by atoms with Crippen LogP contribution in [0.1, 0.15) is 25.7 Å². The fraction of sp³-hybridized carbons (Fsp3) is 0.471. The smallest absolute Gasteiger partial charge is 0.324 e. The Labute approximate surface area is 144 Å². The fourth-order valence-electron chi connectivity index (χ4n) is 2.90. The van der Waals surface area contributed by atoms with Crippen molar-refractivity contribution in [1.82, 2.24) is 4.90 Å². The van der Waals surface area contributed by atoms with Crippen LogP contribution in [0.5, 0.6) is 0 Å². The van der Waals surface area contributed by atoms with Crippen molar-refractivity contribution in [2.24, 2.45) is 0 Å². The lowest BCUT2D eigenvalue weighted by Crippen LogP contribution is -2.48. The Balaban J connectivity index is 2.19. The van der Waals surface area contributed by atoms with Crippen LogP contribution < -0.4 is 4.90 Å². The van der Waals surface area contributed by atoms with E-state index in [2.05, 4.69) is 22.5 Å². The summed E-state index contributed by atoms with van der Waals surface area (Å²) in [7, 11) is 1.73. The van der Waals surface area contributed by atoms with Gasteiger partial charge in [0.15, 0.2) is 0 Å². The van der Waals surface area contributed by atoms with Crippen LogP contribution in [0.4, 0.5) is 14.9 Å². The van der Waals surface area contributed by atoms with Gasteiger partial charge in [0, 0.05) is 24.1 Å². The van der Waals surface area contributed by atoms with E-state index in [1.54, 1.807) is 30.2 Å². The number of aliphatic hydroxyl groups is 1. The molecule has 0 unspecified atom stereocenters. The van der Waals surface area contributed by atoms with Gasteiger partial charge in [-0.15, -0.1) is 6.58 Å². The maximum atomic E-state index is 14.2. The van der Waals surface area contributed by atoms with Crippen LogP contribution >= 0.6 is 15.9 Å². The van der Waals surface area contributed by atoms with Crippen LogP contribution in [0.2, 0.25) is 0 Å². The molecule has 0 aliphatic heterocycles. The molecule has 2 rings (SSSR count). The molecule has 1 aromatic carbocycles. The molecule has 1 aliphatic carbocycles. The molecular formula is C17H22BrFN2O2. The highest BCUT2D eigenvalue weighted by Gasteiger charge is 2.29. The molecule has 4 nitrogen and oxygen atoms in total. The number of carbonyl (C=O) groups excluding carboxylic acids is 1. The Bertz CT molecular complexity index is 574. The van der Waals surface area contributed by atoms with Crippen molar-refractivity contribution in [3.63, 3.8) is 0 Å². The summed E-state index contributed by atoms with van der Waals surface area (Å²) in [4.78, 5) is 15.9. The number of anilines is 1. The first kappa shape index (κ1) is 17.9. The fourth-order valence-corrected chi connectivity index (χ4v) is 3.23. The summed E-state index contributed by atoms with van der Waals surface area (Å²) in [5.74, 6) is -0.456. The number of aliphatic hydroxyl groups excluding tert-OH is 1. The lowest BCUT2D eigenvalue weighted by atomic mass is 9.92. The van der Waals surface area contributed by atoms with Gasteiger partial charge >= 0.3 is 6.03 Å². The zero-order chi connectivity index (χ0) is 17.0. The minimum atomic E-state index is -0.456. The molecule has 1 aliphatic rings. The molecule has 6 heteroatoms. The summed E-state index contributed by atoms with van der Waals surface area (Å²) >= 11 is 3.22. The molecule has 2 amide bonds. The normalized spacial score (nSPS) is 20.9. The summed E-state index contributed by atoms with van der Waals surface area (Å²) < 4.78 is 14.9. The maximum absolute atomic E-state index is 14.2. The molecule has 0 bridgehead atoms. The number of nitrogens with zero attached hydrogens (tertiary/aromatic N) is 2. The third-order valence-electron chi connectivity index (χ3n) is 4.26. The van der Waals surface area contributed by atoms with Crippen molar-refractivity contribution in [3.8, 4) is 0 Å². The van der Waals surface area contributed by atoms with E-state index in [-0.39, 0.29) is 30.4 Å². The third kappa shape index (κ3) is 4.32. The summed E-state index contributed by atoms with van der Waals surface area (Å²) in [6.07, 6.45) is 4.20. The zero-order valence-electron chi connectivity index (χ0n) is 13.2. The molecule has 0 spiro atoms. The predicted octanol–water partition coefficient (Wildman–Crippen LogP) is 3.94. The van der Waals surface area contributed by atoms with Gasteiger partial charge in [-0.2, -0.15) is 0 Å². The second kappa shape index (κ2) is 7.93. The minimum absolute atomic E-state index is 0.0664. The number of carbonyl (C=O) groups is 1. The summed E-state index contributed by atoms with van der Waals surface area (Å²) in [6.45, 7) is 3.89. The summed E-state index contributed by atoms with van der Waals surface area (Å²) in [6, 6.07) is 4.44. The molecule has 0 aromatic heterocycles. The molecule has 0 saturated heterocycles. The topological polar surface area (TPSA) is 43.8 Å². The SMILES string of the molecule is C=CCN(C(=O)N(C)C1CCC(O)CC1)c1ccc(Br)cc1F. The number of hydrogen-bond donors (Lipinski definition) is 1. The van der Waals surface area contributed by atoms with Crippen LogP contribution in [0, 0.1) is 5.82 Å². The first-order valence-electron chi connectivity index (χ1n) is 7.72. The molecule has 1 fully saturated rings. The molecule has 1 aromatic rings. The number of urea groups is 1. The third-order valence-corrected chi connectivity index (χ3v) is 4.75. The van der Waals surface area contributed by atoms with Gasteiger partial charge in [-0.1, -0.05) is 22.0 Å². The van der Waals surface area contributed by atoms with Gasteiger partial charge in [0.25, 0.3) is 0 Å². The van der Waals surface area contributed by atoms with Crippen molar-refractivity contribution in [1.29, 1.82) is 0 Å². The highest BCUT2D eigenvalue weighted by Crippen LogP contribution is 2.27. The molecule has 0 radical (unpaired) electrons. The summed E-state index contributed by atoms with van der Waals surface area (Å²) in [5, 5.41) is 9.60. The molecular weight excluding hydrogens is 363 g/mol. The predicted molar refractivity (Wildman–Crippen MR) is 93.1 cm³/mol. The van der Waals surface area contributed by atoms with Gasteiger partial charge in [-0.05, 0) is 43.9 Å². The number of amides is 2. The molecule has 0 atom stereocenters. The van der Waals surface area contributed by atoms with E-state index < -0.39 is 5.82 Å². The monoisotopic (exact) mass is 384 g/mol. The van der Waals surface area contributed by atoms with Crippen LogP contribution in [0.15, 0.2) is 35.3 Å². The number of rotatable bonds is 4. The van der Waals surface area contributed by atoms with Crippen molar-refractivity contribution in [2.45, 2.75) is 37.8 Å². The second-order valence-electron chi connectivity index (χ2n) is 5.85. The first-order valence-corrected chi connectivity index (χ1v) is 8.51. The molecule has 23 heavy (non-hydrogen) atoms. The van der Waals surface area contributed by atoms with Gasteiger partial charge < -0.3 is 10.0 Å². The average molecular weight is 385 g/mol. The summed E-state index contributed by atoms with van der Waals surface area (Å²) in [5.41, 5.74) is 0.237. The van der Waals surface area contributed by atoms with Crippen molar-refractivity contribution >= 4 is 27.6 Å². The van der Waals surface area contributed by atoms with E-state index in [1.165, 1.54) is 11.0 Å². The van der Waals surface area contributed by atoms with E-state index in [0.717, 1.165) is 12.8 Å². The maximum Gasteiger partial charge on any atom is 0.324 e. The number of hydrogen-bond acceptors (Lipinski definition) is 2. The molecule has 1 saturated carbocycles. The standard InChI is InChI=1S/C17H22BrFN2O2/c1-3-10-21(16-9-4-12(18)11-15(16)19)17(23)20(2)13-5-7-14(22)8-6-13/h3-4,9,11,13-14,22H,1,5-8,10H2,2H3. The Morgan fingerprint density at radius 1 is 1.43 bits per heavy atom. The lowest BCUT2D eigenvalue weighted by Gasteiger charge is -2.36. The Kier molecular flexibility index (Phi) is 6.18. The van der Waals surface area contributed by atoms with Crippen LogP contribution in [-0.2, 0) is 0 Å². The molecule has 1 N–H and O–H groups in total. The van der Waals surface area contributed by atoms with Gasteiger partial charge in [-0.3, -0.25) is 4.90 Å². The van der Waals surface area contributed by atoms with Gasteiger partial charge in [-0.25, -0.2) is 9.18 Å². The highest BCUT2D eigenvalue weighted by atomic mass is 79.9. The van der Waals surface area contributed by atoms with Gasteiger partial charge in [0.2, 0.25) is 0 Å². The van der Waals surface area contributed by atoms with E-state index in [1.807, 2.05) is 0 Å². The zero-order valence-corrected chi connectivity index (χ0v) is 14.8. The minimum Gasteiger partial charge on any atom is -0.393 e. The Hall–Kier alpha value is -1.40. The highest BCUT2D eigenvalue weighted by molar-refractivity contribution is 9.10. The Morgan fingerprint density at radius 3 is 2.65 bits per heavy atom. The van der Waals surface area contributed by atoms with Crippen molar-refractivity contribution < 1.29 is 14.3 Å². The number of benzene rings is 1. The van der Waals surface area contributed by atoms with Gasteiger partial charge in [0.05, 0.1) is 11.8 Å². The average Bonchev–Trinajstić information content (AvgIpc) is 2.53. The van der Waals surface area contributed by atoms with Gasteiger partial charge in [0.1, 0.15) is 5.82 Å². The van der Waals surface area contributed by atoms with E-state index in [9.17, 15) is 14.3 Å². The second-order valence-corrected chi connectivity index (χ2v) is 6.77. The van der Waals surface area contributed by atoms with Crippen LogP contribution in [0.25, 0.3) is 0 Å². The number of halogens is 2. The molecule has 126 valence electrons. The van der Waals surface area contributed by atoms with Crippen LogP contribution in [0.3, 0.4) is 0 Å². The van der Waals surface area contributed by atoms with Crippen LogP contribution in [-0.4, -0.2) is 41.8 Å². The Morgan fingerprint density at radius 2 is 2.09 bits per heavy atom. The van der Waals surface area contributed by atoms with Crippen molar-refractivity contribution in [3.05, 3.63) is 41.1 Å².